The summed E-state index contributed by atoms with van der Waals surface area (Å²) in [4.78, 5) is 41.4. The molecule has 1 aliphatic rings. The molecule has 3 heterocycles. The van der Waals surface area contributed by atoms with E-state index < -0.39 is 5.91 Å². The minimum Gasteiger partial charge on any atom is -0.497 e. The van der Waals surface area contributed by atoms with Gasteiger partial charge in [0, 0.05) is 42.7 Å². The van der Waals surface area contributed by atoms with Crippen molar-refractivity contribution in [3.05, 3.63) is 59.0 Å². The van der Waals surface area contributed by atoms with Crippen LogP contribution in [-0.4, -0.2) is 47.1 Å². The average molecular weight is 439 g/mol. The van der Waals surface area contributed by atoms with Crippen LogP contribution >= 0.6 is 11.8 Å². The topological polar surface area (TPSA) is 105 Å². The average Bonchev–Trinajstić information content (AvgIpc) is 3.48. The smallest absolute Gasteiger partial charge is 0.293 e. The maximum Gasteiger partial charge on any atom is 0.293 e. The van der Waals surface area contributed by atoms with Crippen molar-refractivity contribution in [1.29, 1.82) is 0 Å². The molecule has 1 aliphatic heterocycles. The number of methoxy groups -OCH3 is 1. The van der Waals surface area contributed by atoms with Crippen molar-refractivity contribution >= 4 is 45.8 Å². The quantitative estimate of drug-likeness (QED) is 0.520. The number of thioether (sulfide) groups is 1. The van der Waals surface area contributed by atoms with Crippen molar-refractivity contribution in [2.45, 2.75) is 12.8 Å². The summed E-state index contributed by atoms with van der Waals surface area (Å²) < 4.78 is 10.5. The number of nitrogens with zero attached hydrogens (tertiary/aromatic N) is 1. The van der Waals surface area contributed by atoms with Gasteiger partial charge in [-0.1, -0.05) is 0 Å². The number of fused-ring (bicyclic) bond motifs is 1. The SMILES string of the molecule is COc1ccc2[nH]cc(CCNC(=O)CCN3C(=O)S/C(=C\c4ccco4)C3=O)c2c1. The first kappa shape index (κ1) is 20.8. The molecule has 2 N–H and O–H groups in total. The van der Waals surface area contributed by atoms with Crippen LogP contribution in [0.1, 0.15) is 17.7 Å². The molecule has 1 fully saturated rings. The van der Waals surface area contributed by atoms with E-state index in [-0.39, 0.29) is 29.0 Å². The highest BCUT2D eigenvalue weighted by Crippen LogP contribution is 2.32. The molecule has 3 aromatic rings. The second-order valence-corrected chi connectivity index (χ2v) is 7.92. The summed E-state index contributed by atoms with van der Waals surface area (Å²) in [5.41, 5.74) is 2.08. The van der Waals surface area contributed by atoms with E-state index in [0.29, 0.717) is 18.7 Å². The summed E-state index contributed by atoms with van der Waals surface area (Å²) in [5, 5.41) is 3.51. The Morgan fingerprint density at radius 1 is 1.32 bits per heavy atom. The van der Waals surface area contributed by atoms with Crippen LogP contribution in [-0.2, 0) is 16.0 Å². The van der Waals surface area contributed by atoms with Gasteiger partial charge in [0.15, 0.2) is 0 Å². The molecule has 160 valence electrons. The summed E-state index contributed by atoms with van der Waals surface area (Å²) in [6.07, 6.45) is 5.64. The lowest BCUT2D eigenvalue weighted by atomic mass is 10.1. The number of hydrogen-bond acceptors (Lipinski definition) is 6. The summed E-state index contributed by atoms with van der Waals surface area (Å²) in [6, 6.07) is 9.20. The third-order valence-electron chi connectivity index (χ3n) is 4.94. The van der Waals surface area contributed by atoms with Gasteiger partial charge in [-0.25, -0.2) is 0 Å². The molecule has 0 spiro atoms. The highest BCUT2D eigenvalue weighted by atomic mass is 32.2. The fraction of sp³-hybridized carbons (Fsp3) is 0.227. The lowest BCUT2D eigenvalue weighted by molar-refractivity contribution is -0.124. The molecule has 1 saturated heterocycles. The van der Waals surface area contributed by atoms with E-state index in [1.807, 2.05) is 24.4 Å². The standard InChI is InChI=1S/C22H21N3O5S/c1-29-15-4-5-18-17(11-15)14(13-24-18)6-8-23-20(26)7-9-25-21(27)19(31-22(25)28)12-16-3-2-10-30-16/h2-5,10-13,24H,6-9H2,1H3,(H,23,26)/b19-12-. The number of benzene rings is 1. The molecular formula is C22H21N3O5S. The number of amides is 3. The third kappa shape index (κ3) is 4.66. The fourth-order valence-corrected chi connectivity index (χ4v) is 4.17. The third-order valence-corrected chi connectivity index (χ3v) is 5.85. The highest BCUT2D eigenvalue weighted by molar-refractivity contribution is 8.18. The Hall–Kier alpha value is -3.46. The molecule has 1 aromatic carbocycles. The van der Waals surface area contributed by atoms with Gasteiger partial charge >= 0.3 is 0 Å². The zero-order valence-electron chi connectivity index (χ0n) is 16.8. The fourth-order valence-electron chi connectivity index (χ4n) is 3.33. The molecule has 0 unspecified atom stereocenters. The number of ether oxygens (including phenoxy) is 1. The number of H-pyrrole nitrogens is 1. The largest absolute Gasteiger partial charge is 0.497 e. The molecule has 9 heteroatoms. The number of carbonyl (C=O) groups is 3. The van der Waals surface area contributed by atoms with Crippen LogP contribution in [0.25, 0.3) is 17.0 Å². The summed E-state index contributed by atoms with van der Waals surface area (Å²) in [5.74, 6) is 0.646. The second kappa shape index (κ2) is 9.13. The van der Waals surface area contributed by atoms with Crippen molar-refractivity contribution in [2.75, 3.05) is 20.2 Å². The Bertz CT molecular complexity index is 1150. The van der Waals surface area contributed by atoms with Crippen molar-refractivity contribution in [2.24, 2.45) is 0 Å². The van der Waals surface area contributed by atoms with E-state index >= 15 is 0 Å². The Morgan fingerprint density at radius 3 is 2.97 bits per heavy atom. The molecule has 2 aromatic heterocycles. The second-order valence-electron chi connectivity index (χ2n) is 6.92. The predicted octanol–water partition coefficient (Wildman–Crippen LogP) is 3.55. The maximum atomic E-state index is 12.4. The van der Waals surface area contributed by atoms with Gasteiger partial charge in [0.1, 0.15) is 11.5 Å². The van der Waals surface area contributed by atoms with Gasteiger partial charge in [-0.3, -0.25) is 19.3 Å². The lowest BCUT2D eigenvalue weighted by Crippen LogP contribution is -2.34. The first-order valence-electron chi connectivity index (χ1n) is 9.74. The van der Waals surface area contributed by atoms with Gasteiger partial charge < -0.3 is 19.5 Å². The lowest BCUT2D eigenvalue weighted by Gasteiger charge is -2.12. The minimum absolute atomic E-state index is 0.0380. The van der Waals surface area contributed by atoms with Crippen LogP contribution in [0.5, 0.6) is 5.75 Å². The van der Waals surface area contributed by atoms with E-state index in [2.05, 4.69) is 10.3 Å². The molecule has 31 heavy (non-hydrogen) atoms. The van der Waals surface area contributed by atoms with Crippen molar-refractivity contribution in [1.82, 2.24) is 15.2 Å². The molecule has 0 atom stereocenters. The number of furan rings is 1. The van der Waals surface area contributed by atoms with Gasteiger partial charge in [-0.2, -0.15) is 0 Å². The Balaban J connectivity index is 1.27. The zero-order chi connectivity index (χ0) is 21.8. The maximum absolute atomic E-state index is 12.4. The molecule has 8 nitrogen and oxygen atoms in total. The van der Waals surface area contributed by atoms with Gasteiger partial charge in [0.25, 0.3) is 11.1 Å². The van der Waals surface area contributed by atoms with E-state index in [0.717, 1.165) is 38.9 Å². The number of carbonyl (C=O) groups excluding carboxylic acids is 3. The van der Waals surface area contributed by atoms with Crippen LogP contribution in [0.3, 0.4) is 0 Å². The first-order valence-corrected chi connectivity index (χ1v) is 10.6. The van der Waals surface area contributed by atoms with Gasteiger partial charge in [-0.05, 0) is 54.1 Å². The minimum atomic E-state index is -0.410. The van der Waals surface area contributed by atoms with E-state index in [1.165, 1.54) is 12.3 Å². The Morgan fingerprint density at radius 2 is 2.19 bits per heavy atom. The van der Waals surface area contributed by atoms with Crippen molar-refractivity contribution in [3.63, 3.8) is 0 Å². The number of imide groups is 1. The van der Waals surface area contributed by atoms with Crippen LogP contribution in [0.4, 0.5) is 4.79 Å². The molecule has 0 aliphatic carbocycles. The van der Waals surface area contributed by atoms with Crippen molar-refractivity contribution < 1.29 is 23.5 Å². The van der Waals surface area contributed by atoms with E-state index in [9.17, 15) is 14.4 Å². The Kier molecular flexibility index (Phi) is 6.13. The van der Waals surface area contributed by atoms with Crippen LogP contribution in [0.15, 0.2) is 52.1 Å². The summed E-state index contributed by atoms with van der Waals surface area (Å²) in [7, 11) is 1.62. The van der Waals surface area contributed by atoms with Crippen molar-refractivity contribution in [3.8, 4) is 5.75 Å². The van der Waals surface area contributed by atoms with E-state index in [1.54, 1.807) is 19.2 Å². The molecule has 0 bridgehead atoms. The number of aromatic amines is 1. The molecular weight excluding hydrogens is 418 g/mol. The number of rotatable bonds is 8. The number of nitrogens with one attached hydrogen (secondary N) is 2. The van der Waals surface area contributed by atoms with Crippen LogP contribution in [0, 0.1) is 0 Å². The molecule has 4 rings (SSSR count). The molecule has 0 saturated carbocycles. The molecule has 0 radical (unpaired) electrons. The first-order chi connectivity index (χ1) is 15.0. The van der Waals surface area contributed by atoms with Crippen LogP contribution < -0.4 is 10.1 Å². The molecule has 3 amide bonds. The van der Waals surface area contributed by atoms with Gasteiger partial charge in [0.2, 0.25) is 5.91 Å². The highest BCUT2D eigenvalue weighted by Gasteiger charge is 2.35. The van der Waals surface area contributed by atoms with Gasteiger partial charge in [-0.15, -0.1) is 0 Å². The zero-order valence-corrected chi connectivity index (χ0v) is 17.7. The normalized spacial score (nSPS) is 15.3. The number of hydrogen-bond donors (Lipinski definition) is 2. The Labute approximate surface area is 182 Å². The summed E-state index contributed by atoms with van der Waals surface area (Å²) in [6.45, 7) is 0.486. The predicted molar refractivity (Wildman–Crippen MR) is 118 cm³/mol. The number of aromatic nitrogens is 1. The van der Waals surface area contributed by atoms with Crippen LogP contribution in [0.2, 0.25) is 0 Å². The van der Waals surface area contributed by atoms with E-state index in [4.69, 9.17) is 9.15 Å². The summed E-state index contributed by atoms with van der Waals surface area (Å²) >= 11 is 0.845. The monoisotopic (exact) mass is 439 g/mol. The van der Waals surface area contributed by atoms with Gasteiger partial charge in [0.05, 0.1) is 18.3 Å².